The van der Waals surface area contributed by atoms with Gasteiger partial charge in [0.25, 0.3) is 0 Å². The molecule has 0 spiro atoms. The Morgan fingerprint density at radius 3 is 2.34 bits per heavy atom. The Morgan fingerprint density at radius 1 is 1.05 bits per heavy atom. The third-order valence-corrected chi connectivity index (χ3v) is 8.25. The molecule has 0 saturated heterocycles. The Bertz CT molecular complexity index is 1300. The number of hydrogen-bond donors (Lipinski definition) is 3. The maximum Gasteiger partial charge on any atom is 0.408 e. The number of nitrogens with one attached hydrogen (secondary N) is 2. The summed E-state index contributed by atoms with van der Waals surface area (Å²) >= 11 is 1.33. The van der Waals surface area contributed by atoms with E-state index >= 15 is 0 Å². The van der Waals surface area contributed by atoms with E-state index in [9.17, 15) is 23.1 Å². The minimum atomic E-state index is -3.81. The van der Waals surface area contributed by atoms with Crippen LogP contribution < -0.4 is 10.6 Å². The Morgan fingerprint density at radius 2 is 1.71 bits per heavy atom. The molecule has 3 N–H and O–H groups in total. The van der Waals surface area contributed by atoms with Gasteiger partial charge < -0.3 is 20.5 Å². The number of aromatic nitrogens is 1. The lowest BCUT2D eigenvalue weighted by atomic mass is 10.1. The zero-order valence-electron chi connectivity index (χ0n) is 22.0. The molecule has 3 atom stereocenters. The minimum Gasteiger partial charge on any atom is -0.444 e. The molecule has 3 aromatic rings. The minimum absolute atomic E-state index is 0.291. The highest BCUT2D eigenvalue weighted by Gasteiger charge is 2.33. The number of thiazole rings is 1. The summed E-state index contributed by atoms with van der Waals surface area (Å²) in [5.74, 6) is -1.66. The van der Waals surface area contributed by atoms with Gasteiger partial charge in [0.05, 0.1) is 27.8 Å². The molecular formula is C27H35N3O6S2. The van der Waals surface area contributed by atoms with E-state index in [1.807, 2.05) is 31.2 Å². The zero-order chi connectivity index (χ0) is 27.9. The number of rotatable bonds is 11. The molecule has 9 nitrogen and oxygen atoms in total. The van der Waals surface area contributed by atoms with Crippen LogP contribution in [0.1, 0.15) is 57.2 Å². The molecule has 0 aliphatic carbocycles. The van der Waals surface area contributed by atoms with Crippen LogP contribution in [0.5, 0.6) is 0 Å². The van der Waals surface area contributed by atoms with Crippen molar-refractivity contribution < 1.29 is 27.9 Å². The molecule has 0 fully saturated rings. The van der Waals surface area contributed by atoms with Crippen LogP contribution in [0.4, 0.5) is 4.79 Å². The van der Waals surface area contributed by atoms with Crippen molar-refractivity contribution in [3.8, 4) is 0 Å². The van der Waals surface area contributed by atoms with E-state index in [-0.39, 0.29) is 5.75 Å². The van der Waals surface area contributed by atoms with E-state index in [4.69, 9.17) is 4.74 Å². The van der Waals surface area contributed by atoms with Crippen molar-refractivity contribution >= 4 is 43.4 Å². The highest BCUT2D eigenvalue weighted by Crippen LogP contribution is 2.29. The number of alkyl carbamates (subject to hydrolysis) is 1. The summed E-state index contributed by atoms with van der Waals surface area (Å²) in [6.45, 7) is 6.91. The van der Waals surface area contributed by atoms with Gasteiger partial charge in [-0.2, -0.15) is 0 Å². The van der Waals surface area contributed by atoms with E-state index in [1.165, 1.54) is 11.3 Å². The third-order valence-electron chi connectivity index (χ3n) is 5.53. The topological polar surface area (TPSA) is 135 Å². The highest BCUT2D eigenvalue weighted by atomic mass is 32.2. The molecule has 206 valence electrons. The molecular weight excluding hydrogens is 526 g/mol. The molecule has 2 aromatic carbocycles. The van der Waals surface area contributed by atoms with Gasteiger partial charge in [0, 0.05) is 0 Å². The van der Waals surface area contributed by atoms with Crippen LogP contribution in [0.3, 0.4) is 0 Å². The van der Waals surface area contributed by atoms with Crippen LogP contribution in [0, 0.1) is 0 Å². The van der Waals surface area contributed by atoms with E-state index in [2.05, 4.69) is 15.6 Å². The van der Waals surface area contributed by atoms with Gasteiger partial charge in [-0.1, -0.05) is 55.8 Å². The van der Waals surface area contributed by atoms with E-state index in [0.717, 1.165) is 10.2 Å². The molecule has 11 heteroatoms. The number of ether oxygens (including phenoxy) is 1. The number of carbonyl (C=O) groups excluding carboxylic acids is 2. The van der Waals surface area contributed by atoms with Crippen molar-refractivity contribution in [1.29, 1.82) is 0 Å². The Labute approximate surface area is 227 Å². The largest absolute Gasteiger partial charge is 0.444 e. The monoisotopic (exact) mass is 561 g/mol. The number of benzene rings is 2. The highest BCUT2D eigenvalue weighted by molar-refractivity contribution is 7.90. The second-order valence-electron chi connectivity index (χ2n) is 10.1. The Kier molecular flexibility index (Phi) is 9.86. The maximum atomic E-state index is 13.4. The molecule has 1 aromatic heterocycles. The summed E-state index contributed by atoms with van der Waals surface area (Å²) in [6.07, 6.45) is -0.965. The molecule has 0 saturated carbocycles. The van der Waals surface area contributed by atoms with Crippen molar-refractivity contribution in [2.24, 2.45) is 0 Å². The van der Waals surface area contributed by atoms with Gasteiger partial charge in [0.15, 0.2) is 9.84 Å². The first kappa shape index (κ1) is 29.5. The summed E-state index contributed by atoms with van der Waals surface area (Å²) in [5, 5.41) is 16.7. The molecule has 3 rings (SSSR count). The first-order valence-corrected chi connectivity index (χ1v) is 15.1. The fraction of sp³-hybridized carbons (Fsp3) is 0.444. The summed E-state index contributed by atoms with van der Waals surface area (Å²) in [7, 11) is -3.81. The summed E-state index contributed by atoms with van der Waals surface area (Å²) < 4.78 is 32.2. The van der Waals surface area contributed by atoms with Gasteiger partial charge in [-0.3, -0.25) is 4.79 Å². The fourth-order valence-corrected chi connectivity index (χ4v) is 6.45. The van der Waals surface area contributed by atoms with Crippen molar-refractivity contribution in [3.63, 3.8) is 0 Å². The Balaban J connectivity index is 1.81. The smallest absolute Gasteiger partial charge is 0.408 e. The molecule has 2 unspecified atom stereocenters. The van der Waals surface area contributed by atoms with Gasteiger partial charge in [-0.15, -0.1) is 11.3 Å². The van der Waals surface area contributed by atoms with Gasteiger partial charge in [0.1, 0.15) is 22.8 Å². The average molecular weight is 562 g/mol. The first-order chi connectivity index (χ1) is 17.9. The predicted octanol–water partition coefficient (Wildman–Crippen LogP) is 4.12. The summed E-state index contributed by atoms with van der Waals surface area (Å²) in [4.78, 5) is 30.4. The van der Waals surface area contributed by atoms with Crippen molar-refractivity contribution in [3.05, 3.63) is 65.2 Å². The maximum absolute atomic E-state index is 13.4. The van der Waals surface area contributed by atoms with Crippen LogP contribution in [0.2, 0.25) is 0 Å². The first-order valence-electron chi connectivity index (χ1n) is 12.4. The van der Waals surface area contributed by atoms with E-state index < -0.39 is 51.4 Å². The van der Waals surface area contributed by atoms with Crippen LogP contribution in [-0.4, -0.2) is 53.9 Å². The molecule has 0 aliphatic heterocycles. The van der Waals surface area contributed by atoms with Gasteiger partial charge in [0.2, 0.25) is 5.91 Å². The van der Waals surface area contributed by atoms with Crippen LogP contribution in [0.25, 0.3) is 10.2 Å². The molecule has 1 heterocycles. The van der Waals surface area contributed by atoms with Gasteiger partial charge in [-0.25, -0.2) is 18.2 Å². The van der Waals surface area contributed by atoms with Crippen LogP contribution >= 0.6 is 11.3 Å². The summed E-state index contributed by atoms with van der Waals surface area (Å²) in [6, 6.07) is 13.9. The van der Waals surface area contributed by atoms with Crippen molar-refractivity contribution in [1.82, 2.24) is 15.6 Å². The zero-order valence-corrected chi connectivity index (χ0v) is 23.6. The van der Waals surface area contributed by atoms with Gasteiger partial charge >= 0.3 is 6.09 Å². The number of para-hydroxylation sites is 1. The lowest BCUT2D eigenvalue weighted by Crippen LogP contribution is -2.54. The van der Waals surface area contributed by atoms with E-state index in [0.29, 0.717) is 23.4 Å². The van der Waals surface area contributed by atoms with Crippen molar-refractivity contribution in [2.75, 3.05) is 5.75 Å². The third kappa shape index (κ3) is 8.78. The van der Waals surface area contributed by atoms with Crippen LogP contribution in [-0.2, 0) is 25.1 Å². The molecule has 0 aliphatic rings. The number of sulfone groups is 1. The van der Waals surface area contributed by atoms with Gasteiger partial charge in [-0.05, 0) is 44.9 Å². The molecule has 2 amide bonds. The predicted molar refractivity (Wildman–Crippen MR) is 149 cm³/mol. The van der Waals surface area contributed by atoms with Crippen molar-refractivity contribution in [2.45, 2.75) is 70.1 Å². The second-order valence-corrected chi connectivity index (χ2v) is 13.3. The lowest BCUT2D eigenvalue weighted by Gasteiger charge is -2.27. The molecule has 0 radical (unpaired) electrons. The number of aliphatic hydroxyl groups is 1. The number of carbonyl (C=O) groups is 2. The molecule has 0 bridgehead atoms. The van der Waals surface area contributed by atoms with E-state index in [1.54, 1.807) is 51.1 Å². The normalized spacial score (nSPS) is 14.4. The number of nitrogens with zero attached hydrogens (tertiary/aromatic N) is 1. The number of aliphatic hydroxyl groups excluding tert-OH is 1. The SMILES string of the molecule is CCCC(NC(=O)C(CS(=O)(=O)Cc1ccccc1)NC(=O)OC(C)(C)C)[C@@H](O)c1nc2ccccc2s1. The lowest BCUT2D eigenvalue weighted by molar-refractivity contribution is -0.124. The molecule has 38 heavy (non-hydrogen) atoms. The number of hydrogen-bond acceptors (Lipinski definition) is 8. The number of amides is 2. The quantitative estimate of drug-likeness (QED) is 0.320. The fourth-order valence-electron chi connectivity index (χ4n) is 3.87. The Hall–Kier alpha value is -3.02. The average Bonchev–Trinajstić information content (AvgIpc) is 3.26. The number of fused-ring (bicyclic) bond motifs is 1. The van der Waals surface area contributed by atoms with Crippen LogP contribution in [0.15, 0.2) is 54.6 Å². The standard InChI is InChI=1S/C27H35N3O6S2/c1-5-11-20(23(31)25-29-19-14-9-10-15-22(19)37-25)28-24(32)21(30-26(33)36-27(2,3)4)17-38(34,35)16-18-12-7-6-8-13-18/h6-10,12-15,20-21,23,31H,5,11,16-17H2,1-4H3,(H,28,32)(H,30,33)/t20?,21?,23-/m1/s1. The summed E-state index contributed by atoms with van der Waals surface area (Å²) in [5.41, 5.74) is 0.464. The second kappa shape index (κ2) is 12.7.